The van der Waals surface area contributed by atoms with Gasteiger partial charge in [0.1, 0.15) is 12.4 Å². The molecule has 23 heavy (non-hydrogen) atoms. The van der Waals surface area contributed by atoms with Crippen molar-refractivity contribution in [1.82, 2.24) is 0 Å². The molecular weight excluding hydrogens is 339 g/mol. The third kappa shape index (κ3) is 3.88. The van der Waals surface area contributed by atoms with Crippen LogP contribution in [0, 0.1) is 0 Å². The highest BCUT2D eigenvalue weighted by atomic mass is 35.5. The van der Waals surface area contributed by atoms with E-state index in [-0.39, 0.29) is 5.56 Å². The van der Waals surface area contributed by atoms with Gasteiger partial charge in [-0.15, -0.1) is 0 Å². The summed E-state index contributed by atoms with van der Waals surface area (Å²) in [5.74, 6) is -0.158. The van der Waals surface area contributed by atoms with Crippen molar-refractivity contribution < 1.29 is 14.3 Å². The summed E-state index contributed by atoms with van der Waals surface area (Å²) >= 11 is 12.0. The number of amides is 1. The summed E-state index contributed by atoms with van der Waals surface area (Å²) < 4.78 is 10.5. The molecule has 5 nitrogen and oxygen atoms in total. The molecule has 0 aromatic heterocycles. The summed E-state index contributed by atoms with van der Waals surface area (Å²) in [6.07, 6.45) is 0. The zero-order valence-corrected chi connectivity index (χ0v) is 13.9. The molecular formula is C16H16Cl2N2O3. The molecule has 0 heterocycles. The number of halogens is 2. The number of ether oxygens (including phenoxy) is 2. The van der Waals surface area contributed by atoms with Gasteiger partial charge >= 0.3 is 0 Å². The van der Waals surface area contributed by atoms with Crippen molar-refractivity contribution in [2.75, 3.05) is 26.1 Å². The molecule has 2 aromatic rings. The van der Waals surface area contributed by atoms with Gasteiger partial charge in [0.2, 0.25) is 5.91 Å². The van der Waals surface area contributed by atoms with E-state index in [0.29, 0.717) is 45.8 Å². The quantitative estimate of drug-likeness (QED) is 0.614. The normalized spacial score (nSPS) is 10.6. The summed E-state index contributed by atoms with van der Waals surface area (Å²) in [6.45, 7) is 0.747. The topological polar surface area (TPSA) is 87.6 Å². The number of anilines is 1. The highest BCUT2D eigenvalue weighted by Gasteiger charge is 2.18. The monoisotopic (exact) mass is 354 g/mol. The van der Waals surface area contributed by atoms with E-state index < -0.39 is 5.91 Å². The molecule has 0 bridgehead atoms. The SMILES string of the molecule is COCCOc1ccc(C(N)=O)c(-c2ccc(Cl)c(Cl)c2)c1N. The van der Waals surface area contributed by atoms with Crippen molar-refractivity contribution in [3.63, 3.8) is 0 Å². The lowest BCUT2D eigenvalue weighted by Crippen LogP contribution is -2.14. The first-order valence-electron chi connectivity index (χ1n) is 6.75. The van der Waals surface area contributed by atoms with Gasteiger partial charge in [-0.05, 0) is 29.8 Å². The molecule has 122 valence electrons. The Kier molecular flexibility index (Phi) is 5.71. The standard InChI is InChI=1S/C16H16Cl2N2O3/c1-22-6-7-23-13-5-3-10(16(20)21)14(15(13)19)9-2-4-11(17)12(18)8-9/h2-5,8H,6-7,19H2,1H3,(H2,20,21). The molecule has 1 amide bonds. The van der Waals surface area contributed by atoms with Crippen LogP contribution in [0.25, 0.3) is 11.1 Å². The third-order valence-electron chi connectivity index (χ3n) is 3.22. The average molecular weight is 355 g/mol. The van der Waals surface area contributed by atoms with Gasteiger partial charge in [-0.1, -0.05) is 29.3 Å². The largest absolute Gasteiger partial charge is 0.489 e. The number of nitrogens with two attached hydrogens (primary N) is 2. The van der Waals surface area contributed by atoms with E-state index in [4.69, 9.17) is 44.1 Å². The molecule has 0 atom stereocenters. The zero-order valence-electron chi connectivity index (χ0n) is 12.4. The van der Waals surface area contributed by atoms with Gasteiger partial charge in [0.25, 0.3) is 0 Å². The van der Waals surface area contributed by atoms with Crippen LogP contribution in [0.15, 0.2) is 30.3 Å². The molecule has 4 N–H and O–H groups in total. The van der Waals surface area contributed by atoms with E-state index in [2.05, 4.69) is 0 Å². The van der Waals surface area contributed by atoms with Crippen LogP contribution in [0.3, 0.4) is 0 Å². The number of nitrogen functional groups attached to an aromatic ring is 1. The molecule has 7 heteroatoms. The van der Waals surface area contributed by atoms with Crippen LogP contribution in [0.2, 0.25) is 10.0 Å². The molecule has 2 rings (SSSR count). The van der Waals surface area contributed by atoms with E-state index >= 15 is 0 Å². The Morgan fingerprint density at radius 1 is 1.13 bits per heavy atom. The second kappa shape index (κ2) is 7.55. The van der Waals surface area contributed by atoms with Crippen molar-refractivity contribution in [1.29, 1.82) is 0 Å². The van der Waals surface area contributed by atoms with Crippen LogP contribution >= 0.6 is 23.2 Å². The summed E-state index contributed by atoms with van der Waals surface area (Å²) in [5, 5.41) is 0.756. The van der Waals surface area contributed by atoms with Crippen LogP contribution in [-0.4, -0.2) is 26.2 Å². The molecule has 0 aliphatic rings. The van der Waals surface area contributed by atoms with E-state index in [9.17, 15) is 4.79 Å². The highest BCUT2D eigenvalue weighted by Crippen LogP contribution is 2.38. The molecule has 2 aromatic carbocycles. The number of benzene rings is 2. The lowest BCUT2D eigenvalue weighted by atomic mass is 9.96. The Labute approximate surface area is 144 Å². The fourth-order valence-corrected chi connectivity index (χ4v) is 2.43. The smallest absolute Gasteiger partial charge is 0.249 e. The number of carbonyl (C=O) groups excluding carboxylic acids is 1. The highest BCUT2D eigenvalue weighted by molar-refractivity contribution is 6.42. The van der Waals surface area contributed by atoms with E-state index in [1.165, 1.54) is 0 Å². The molecule has 0 aliphatic heterocycles. The molecule has 0 spiro atoms. The number of rotatable bonds is 6. The number of carbonyl (C=O) groups is 1. The molecule has 0 unspecified atom stereocenters. The van der Waals surface area contributed by atoms with Gasteiger partial charge in [-0.2, -0.15) is 0 Å². The Balaban J connectivity index is 2.55. The molecule has 0 saturated carbocycles. The minimum atomic E-state index is -0.596. The molecule has 0 radical (unpaired) electrons. The number of methoxy groups -OCH3 is 1. The molecule has 0 saturated heterocycles. The van der Waals surface area contributed by atoms with Crippen molar-refractivity contribution in [3.05, 3.63) is 45.9 Å². The summed E-state index contributed by atoms with van der Waals surface area (Å²) in [4.78, 5) is 11.7. The van der Waals surface area contributed by atoms with Crippen molar-refractivity contribution in [2.45, 2.75) is 0 Å². The van der Waals surface area contributed by atoms with Gasteiger partial charge in [0, 0.05) is 18.2 Å². The van der Waals surface area contributed by atoms with Crippen molar-refractivity contribution in [3.8, 4) is 16.9 Å². The van der Waals surface area contributed by atoms with Gasteiger partial charge in [0.05, 0.1) is 22.3 Å². The van der Waals surface area contributed by atoms with Gasteiger partial charge < -0.3 is 20.9 Å². The van der Waals surface area contributed by atoms with Crippen LogP contribution in [0.4, 0.5) is 5.69 Å². The second-order valence-corrected chi connectivity index (χ2v) is 5.55. The fourth-order valence-electron chi connectivity index (χ4n) is 2.13. The summed E-state index contributed by atoms with van der Waals surface area (Å²) in [5.41, 5.74) is 13.3. The first kappa shape index (κ1) is 17.4. The third-order valence-corrected chi connectivity index (χ3v) is 3.96. The maximum atomic E-state index is 11.7. The first-order valence-corrected chi connectivity index (χ1v) is 7.50. The van der Waals surface area contributed by atoms with E-state index in [1.54, 1.807) is 37.4 Å². The van der Waals surface area contributed by atoms with Crippen LogP contribution < -0.4 is 16.2 Å². The Morgan fingerprint density at radius 2 is 1.87 bits per heavy atom. The maximum Gasteiger partial charge on any atom is 0.249 e. The minimum Gasteiger partial charge on any atom is -0.489 e. The van der Waals surface area contributed by atoms with Crippen LogP contribution in [-0.2, 0) is 4.74 Å². The lowest BCUT2D eigenvalue weighted by molar-refractivity contribution is 0.100. The summed E-state index contributed by atoms with van der Waals surface area (Å²) in [7, 11) is 1.57. The average Bonchev–Trinajstić information content (AvgIpc) is 2.51. The predicted octanol–water partition coefficient (Wildman–Crippen LogP) is 3.37. The molecule has 0 aliphatic carbocycles. The first-order chi connectivity index (χ1) is 11.0. The minimum absolute atomic E-state index is 0.278. The zero-order chi connectivity index (χ0) is 17.0. The van der Waals surface area contributed by atoms with E-state index in [1.807, 2.05) is 0 Å². The van der Waals surface area contributed by atoms with Crippen LogP contribution in [0.1, 0.15) is 10.4 Å². The van der Waals surface area contributed by atoms with E-state index in [0.717, 1.165) is 0 Å². The van der Waals surface area contributed by atoms with Crippen molar-refractivity contribution >= 4 is 34.8 Å². The Morgan fingerprint density at radius 3 is 2.48 bits per heavy atom. The van der Waals surface area contributed by atoms with Crippen molar-refractivity contribution in [2.24, 2.45) is 5.73 Å². The Hall–Kier alpha value is -1.95. The van der Waals surface area contributed by atoms with Crippen LogP contribution in [0.5, 0.6) is 5.75 Å². The summed E-state index contributed by atoms with van der Waals surface area (Å²) in [6, 6.07) is 8.14. The Bertz CT molecular complexity index is 736. The van der Waals surface area contributed by atoms with Gasteiger partial charge in [-0.3, -0.25) is 4.79 Å². The van der Waals surface area contributed by atoms with Gasteiger partial charge in [0.15, 0.2) is 0 Å². The maximum absolute atomic E-state index is 11.7. The number of hydrogen-bond acceptors (Lipinski definition) is 4. The fraction of sp³-hybridized carbons (Fsp3) is 0.188. The van der Waals surface area contributed by atoms with Gasteiger partial charge in [-0.25, -0.2) is 0 Å². The number of hydrogen-bond donors (Lipinski definition) is 2. The molecule has 0 fully saturated rings. The number of primary amides is 1. The predicted molar refractivity (Wildman–Crippen MR) is 92.2 cm³/mol. The lowest BCUT2D eigenvalue weighted by Gasteiger charge is -2.16. The second-order valence-electron chi connectivity index (χ2n) is 4.73.